The van der Waals surface area contributed by atoms with Gasteiger partial charge in [-0.3, -0.25) is 0 Å². The fraction of sp³-hybridized carbons (Fsp3) is 0.409. The Balaban J connectivity index is 1.90. The van der Waals surface area contributed by atoms with E-state index in [0.717, 1.165) is 33.5 Å². The first kappa shape index (κ1) is 20.4. The fourth-order valence-electron chi connectivity index (χ4n) is 3.99. The Morgan fingerprint density at radius 3 is 1.86 bits per heavy atom. The number of rotatable bonds is 3. The monoisotopic (exact) mass is 397 g/mol. The number of sulfonamides is 1. The topological polar surface area (TPSA) is 64.4 Å². The minimum absolute atomic E-state index is 0.410. The van der Waals surface area contributed by atoms with E-state index in [4.69, 9.17) is 0 Å². The predicted octanol–water partition coefficient (Wildman–Crippen LogP) is 3.61. The van der Waals surface area contributed by atoms with E-state index in [9.17, 15) is 13.7 Å². The average Bonchev–Trinajstić information content (AvgIpc) is 2.70. The molecule has 0 bridgehead atoms. The molecule has 1 heterocycles. The van der Waals surface area contributed by atoms with Gasteiger partial charge in [-0.2, -0.15) is 9.57 Å². The summed E-state index contributed by atoms with van der Waals surface area (Å²) >= 11 is 0. The van der Waals surface area contributed by atoms with Gasteiger partial charge in [-0.1, -0.05) is 12.1 Å². The van der Waals surface area contributed by atoms with Gasteiger partial charge in [0.25, 0.3) is 0 Å². The van der Waals surface area contributed by atoms with Gasteiger partial charge in [-0.05, 0) is 74.6 Å². The molecule has 0 atom stereocenters. The van der Waals surface area contributed by atoms with Crippen LogP contribution in [0.4, 0.5) is 5.69 Å². The molecule has 3 rings (SSSR count). The highest BCUT2D eigenvalue weighted by molar-refractivity contribution is 7.89. The second-order valence-corrected chi connectivity index (χ2v) is 9.35. The van der Waals surface area contributed by atoms with Gasteiger partial charge in [0.1, 0.15) is 6.07 Å². The Morgan fingerprint density at radius 2 is 1.32 bits per heavy atom. The molecule has 2 aromatic carbocycles. The molecule has 6 heteroatoms. The van der Waals surface area contributed by atoms with Crippen molar-refractivity contribution in [1.29, 1.82) is 5.26 Å². The number of nitriles is 1. The van der Waals surface area contributed by atoms with Crippen LogP contribution in [-0.2, 0) is 10.0 Å². The Hall–Kier alpha value is -2.36. The van der Waals surface area contributed by atoms with Crippen LogP contribution in [0.25, 0.3) is 0 Å². The Labute approximate surface area is 168 Å². The molecule has 28 heavy (non-hydrogen) atoms. The van der Waals surface area contributed by atoms with Gasteiger partial charge in [0.2, 0.25) is 10.0 Å². The van der Waals surface area contributed by atoms with Crippen LogP contribution in [0, 0.1) is 45.9 Å². The van der Waals surface area contributed by atoms with Crippen molar-refractivity contribution < 1.29 is 8.42 Å². The van der Waals surface area contributed by atoms with Crippen molar-refractivity contribution in [1.82, 2.24) is 4.31 Å². The summed E-state index contributed by atoms with van der Waals surface area (Å²) < 4.78 is 28.5. The zero-order valence-corrected chi connectivity index (χ0v) is 18.0. The van der Waals surface area contributed by atoms with Gasteiger partial charge in [-0.15, -0.1) is 0 Å². The zero-order valence-electron chi connectivity index (χ0n) is 17.2. The Kier molecular flexibility index (Phi) is 5.51. The van der Waals surface area contributed by atoms with Gasteiger partial charge in [0.05, 0.1) is 16.1 Å². The van der Waals surface area contributed by atoms with E-state index in [1.54, 1.807) is 10.4 Å². The smallest absolute Gasteiger partial charge is 0.243 e. The average molecular weight is 398 g/mol. The molecule has 1 fully saturated rings. The molecule has 0 saturated carbocycles. The highest BCUT2D eigenvalue weighted by Gasteiger charge is 2.32. The third-order valence-corrected chi connectivity index (χ3v) is 8.31. The van der Waals surface area contributed by atoms with Crippen LogP contribution < -0.4 is 4.90 Å². The zero-order chi connectivity index (χ0) is 20.6. The van der Waals surface area contributed by atoms with Crippen molar-refractivity contribution in [3.63, 3.8) is 0 Å². The van der Waals surface area contributed by atoms with Crippen LogP contribution in [-0.4, -0.2) is 38.9 Å². The summed E-state index contributed by atoms with van der Waals surface area (Å²) in [5.41, 5.74) is 6.43. The number of nitrogens with zero attached hydrogens (tertiary/aromatic N) is 3. The maximum atomic E-state index is 13.5. The molecular weight excluding hydrogens is 370 g/mol. The van der Waals surface area contributed by atoms with Gasteiger partial charge in [0, 0.05) is 26.2 Å². The van der Waals surface area contributed by atoms with Gasteiger partial charge in [-0.25, -0.2) is 8.42 Å². The maximum absolute atomic E-state index is 13.5. The van der Waals surface area contributed by atoms with Crippen molar-refractivity contribution >= 4 is 15.7 Å². The SMILES string of the molecule is Cc1c(C)c(C)c(S(=O)(=O)N2CCN(c3ccccc3C#N)CC2)c(C)c1C. The molecular formula is C22H27N3O2S. The molecule has 1 saturated heterocycles. The van der Waals surface area contributed by atoms with Crippen LogP contribution in [0.15, 0.2) is 29.2 Å². The molecule has 0 unspecified atom stereocenters. The van der Waals surface area contributed by atoms with Crippen molar-refractivity contribution in [2.75, 3.05) is 31.1 Å². The number of anilines is 1. The second-order valence-electron chi connectivity index (χ2n) is 7.47. The van der Waals surface area contributed by atoms with E-state index in [0.29, 0.717) is 36.6 Å². The summed E-state index contributed by atoms with van der Waals surface area (Å²) in [6, 6.07) is 9.68. The normalized spacial score (nSPS) is 15.5. The summed E-state index contributed by atoms with van der Waals surface area (Å²) in [5.74, 6) is 0. The Morgan fingerprint density at radius 1 is 0.821 bits per heavy atom. The lowest BCUT2D eigenvalue weighted by Gasteiger charge is -2.36. The molecule has 148 valence electrons. The molecule has 0 amide bonds. The van der Waals surface area contributed by atoms with E-state index >= 15 is 0 Å². The fourth-order valence-corrected chi connectivity index (χ4v) is 5.98. The summed E-state index contributed by atoms with van der Waals surface area (Å²) in [6.07, 6.45) is 0. The van der Waals surface area contributed by atoms with Crippen molar-refractivity contribution in [3.8, 4) is 6.07 Å². The third kappa shape index (κ3) is 3.30. The lowest BCUT2D eigenvalue weighted by molar-refractivity contribution is 0.384. The number of hydrogen-bond donors (Lipinski definition) is 0. The number of benzene rings is 2. The minimum Gasteiger partial charge on any atom is -0.368 e. The molecule has 0 radical (unpaired) electrons. The summed E-state index contributed by atoms with van der Waals surface area (Å²) in [6.45, 7) is 11.8. The second kappa shape index (κ2) is 7.57. The lowest BCUT2D eigenvalue weighted by atomic mass is 9.95. The molecule has 0 N–H and O–H groups in total. The van der Waals surface area contributed by atoms with Gasteiger partial charge >= 0.3 is 0 Å². The molecule has 0 aliphatic carbocycles. The lowest BCUT2D eigenvalue weighted by Crippen LogP contribution is -2.49. The Bertz CT molecular complexity index is 1030. The van der Waals surface area contributed by atoms with Crippen molar-refractivity contribution in [2.24, 2.45) is 0 Å². The van der Waals surface area contributed by atoms with Gasteiger partial charge in [0.15, 0.2) is 0 Å². The highest BCUT2D eigenvalue weighted by atomic mass is 32.2. The van der Waals surface area contributed by atoms with Crippen molar-refractivity contribution in [3.05, 3.63) is 57.6 Å². The molecule has 1 aliphatic rings. The molecule has 1 aliphatic heterocycles. The summed E-state index contributed by atoms with van der Waals surface area (Å²) in [7, 11) is -3.56. The number of piperazine rings is 1. The van der Waals surface area contributed by atoms with Gasteiger partial charge < -0.3 is 4.90 Å². The third-order valence-electron chi connectivity index (χ3n) is 6.13. The van der Waals surface area contributed by atoms with Crippen LogP contribution in [0.3, 0.4) is 0 Å². The minimum atomic E-state index is -3.56. The number of para-hydroxylation sites is 1. The molecule has 2 aromatic rings. The van der Waals surface area contributed by atoms with E-state index in [1.165, 1.54) is 0 Å². The number of hydrogen-bond acceptors (Lipinski definition) is 4. The maximum Gasteiger partial charge on any atom is 0.243 e. The largest absolute Gasteiger partial charge is 0.368 e. The van der Waals surface area contributed by atoms with Crippen molar-refractivity contribution in [2.45, 2.75) is 39.5 Å². The first-order valence-corrected chi connectivity index (χ1v) is 10.9. The first-order valence-electron chi connectivity index (χ1n) is 9.51. The summed E-state index contributed by atoms with van der Waals surface area (Å²) in [4.78, 5) is 2.55. The van der Waals surface area contributed by atoms with E-state index in [2.05, 4.69) is 11.0 Å². The quantitative estimate of drug-likeness (QED) is 0.794. The van der Waals surface area contributed by atoms with Crippen LogP contribution >= 0.6 is 0 Å². The van der Waals surface area contributed by atoms with E-state index in [1.807, 2.05) is 52.8 Å². The summed E-state index contributed by atoms with van der Waals surface area (Å²) in [5, 5.41) is 9.33. The first-order chi connectivity index (χ1) is 13.2. The molecule has 0 spiro atoms. The highest BCUT2D eigenvalue weighted by Crippen LogP contribution is 2.32. The molecule has 5 nitrogen and oxygen atoms in total. The molecule has 0 aromatic heterocycles. The standard InChI is InChI=1S/C22H27N3O2S/c1-15-16(2)18(4)22(19(5)17(15)3)28(26,27)25-12-10-24(11-13-25)21-9-7-6-8-20(21)14-23/h6-9H,10-13H2,1-5H3. The predicted molar refractivity (Wildman–Crippen MR) is 112 cm³/mol. The van der Waals surface area contributed by atoms with Crippen LogP contribution in [0.5, 0.6) is 0 Å². The van der Waals surface area contributed by atoms with E-state index < -0.39 is 10.0 Å². The van der Waals surface area contributed by atoms with Crippen LogP contribution in [0.1, 0.15) is 33.4 Å². The van der Waals surface area contributed by atoms with E-state index in [-0.39, 0.29) is 0 Å². The van der Waals surface area contributed by atoms with Crippen LogP contribution in [0.2, 0.25) is 0 Å².